The van der Waals surface area contributed by atoms with E-state index in [2.05, 4.69) is 31.2 Å². The Kier molecular flexibility index (Phi) is 3.35. The predicted molar refractivity (Wildman–Crippen MR) is 70.1 cm³/mol. The van der Waals surface area contributed by atoms with Crippen LogP contribution in [0.1, 0.15) is 20.3 Å². The van der Waals surface area contributed by atoms with E-state index < -0.39 is 5.60 Å². The molecule has 92 valence electrons. The van der Waals surface area contributed by atoms with Gasteiger partial charge in [0, 0.05) is 25.1 Å². The van der Waals surface area contributed by atoms with Crippen molar-refractivity contribution in [1.82, 2.24) is 14.4 Å². The standard InChI is InChI=1S/C11H15BrN4O/c1-3-11(2,17)7-14-9-10-13-4-5-16(10)6-8(12)15-9/h4-6,17H,3,7H2,1-2H3,(H,14,15). The molecule has 2 aromatic heterocycles. The van der Waals surface area contributed by atoms with Crippen LogP contribution in [0.25, 0.3) is 5.65 Å². The van der Waals surface area contributed by atoms with Crippen LogP contribution in [-0.2, 0) is 0 Å². The van der Waals surface area contributed by atoms with Crippen molar-refractivity contribution in [3.05, 3.63) is 23.2 Å². The molecule has 0 aromatic carbocycles. The van der Waals surface area contributed by atoms with Gasteiger partial charge in [0.15, 0.2) is 11.5 Å². The van der Waals surface area contributed by atoms with Crippen LogP contribution in [0.15, 0.2) is 23.2 Å². The van der Waals surface area contributed by atoms with E-state index in [1.165, 1.54) is 0 Å². The molecule has 0 aliphatic rings. The molecule has 2 heterocycles. The molecule has 0 saturated carbocycles. The van der Waals surface area contributed by atoms with Crippen molar-refractivity contribution in [2.75, 3.05) is 11.9 Å². The molecule has 2 rings (SSSR count). The molecular weight excluding hydrogens is 284 g/mol. The number of anilines is 1. The van der Waals surface area contributed by atoms with Gasteiger partial charge in [0.05, 0.1) is 5.60 Å². The lowest BCUT2D eigenvalue weighted by Crippen LogP contribution is -2.32. The number of aromatic nitrogens is 3. The fourth-order valence-corrected chi connectivity index (χ4v) is 1.82. The molecule has 0 fully saturated rings. The molecule has 2 aromatic rings. The van der Waals surface area contributed by atoms with Crippen molar-refractivity contribution in [3.63, 3.8) is 0 Å². The average molecular weight is 299 g/mol. The summed E-state index contributed by atoms with van der Waals surface area (Å²) in [6.07, 6.45) is 6.09. The van der Waals surface area contributed by atoms with Crippen LogP contribution in [0.5, 0.6) is 0 Å². The maximum absolute atomic E-state index is 9.95. The van der Waals surface area contributed by atoms with E-state index in [-0.39, 0.29) is 0 Å². The van der Waals surface area contributed by atoms with Crippen LogP contribution < -0.4 is 5.32 Å². The van der Waals surface area contributed by atoms with Gasteiger partial charge in [-0.2, -0.15) is 0 Å². The molecule has 0 aliphatic carbocycles. The molecule has 0 spiro atoms. The Balaban J connectivity index is 2.26. The van der Waals surface area contributed by atoms with E-state index in [4.69, 9.17) is 0 Å². The predicted octanol–water partition coefficient (Wildman–Crippen LogP) is 2.06. The summed E-state index contributed by atoms with van der Waals surface area (Å²) in [5.41, 5.74) is 0.00762. The first-order valence-corrected chi connectivity index (χ1v) is 6.26. The monoisotopic (exact) mass is 298 g/mol. The van der Waals surface area contributed by atoms with Gasteiger partial charge in [-0.1, -0.05) is 6.92 Å². The maximum atomic E-state index is 9.95. The van der Waals surface area contributed by atoms with Crippen molar-refractivity contribution in [3.8, 4) is 0 Å². The summed E-state index contributed by atoms with van der Waals surface area (Å²) in [6, 6.07) is 0. The quantitative estimate of drug-likeness (QED) is 0.907. The number of aliphatic hydroxyl groups is 1. The fraction of sp³-hybridized carbons (Fsp3) is 0.455. The minimum atomic E-state index is -0.742. The van der Waals surface area contributed by atoms with Gasteiger partial charge in [0.2, 0.25) is 0 Å². The van der Waals surface area contributed by atoms with Gasteiger partial charge in [0.1, 0.15) is 4.60 Å². The highest BCUT2D eigenvalue weighted by atomic mass is 79.9. The van der Waals surface area contributed by atoms with Crippen molar-refractivity contribution < 1.29 is 5.11 Å². The highest BCUT2D eigenvalue weighted by Gasteiger charge is 2.18. The third kappa shape index (κ3) is 2.76. The first-order valence-electron chi connectivity index (χ1n) is 5.47. The van der Waals surface area contributed by atoms with Crippen LogP contribution in [0, 0.1) is 0 Å². The summed E-state index contributed by atoms with van der Waals surface area (Å²) >= 11 is 3.34. The summed E-state index contributed by atoms with van der Waals surface area (Å²) in [4.78, 5) is 8.54. The zero-order valence-corrected chi connectivity index (χ0v) is 11.4. The van der Waals surface area contributed by atoms with Crippen LogP contribution in [0.3, 0.4) is 0 Å². The zero-order chi connectivity index (χ0) is 12.5. The minimum absolute atomic E-state index is 0.440. The third-order valence-corrected chi connectivity index (χ3v) is 3.13. The molecule has 6 heteroatoms. The van der Waals surface area contributed by atoms with Crippen molar-refractivity contribution >= 4 is 27.4 Å². The molecule has 17 heavy (non-hydrogen) atoms. The van der Waals surface area contributed by atoms with E-state index in [0.717, 1.165) is 10.3 Å². The van der Waals surface area contributed by atoms with Gasteiger partial charge >= 0.3 is 0 Å². The second-order valence-electron chi connectivity index (χ2n) is 4.27. The first kappa shape index (κ1) is 12.3. The third-order valence-electron chi connectivity index (χ3n) is 2.74. The molecule has 0 bridgehead atoms. The zero-order valence-electron chi connectivity index (χ0n) is 9.81. The molecule has 0 amide bonds. The number of nitrogens with one attached hydrogen (secondary N) is 1. The number of fused-ring (bicyclic) bond motifs is 1. The van der Waals surface area contributed by atoms with Crippen LogP contribution in [0.4, 0.5) is 5.82 Å². The maximum Gasteiger partial charge on any atom is 0.180 e. The highest BCUT2D eigenvalue weighted by Crippen LogP contribution is 2.18. The lowest BCUT2D eigenvalue weighted by atomic mass is 10.0. The molecule has 2 N–H and O–H groups in total. The molecule has 0 radical (unpaired) electrons. The number of imidazole rings is 1. The van der Waals surface area contributed by atoms with Crippen molar-refractivity contribution in [2.45, 2.75) is 25.9 Å². The normalized spacial score (nSPS) is 14.8. The summed E-state index contributed by atoms with van der Waals surface area (Å²) in [5, 5.41) is 13.1. The van der Waals surface area contributed by atoms with Crippen LogP contribution in [-0.4, -0.2) is 31.6 Å². The van der Waals surface area contributed by atoms with Crippen molar-refractivity contribution in [1.29, 1.82) is 0 Å². The second kappa shape index (κ2) is 4.62. The smallest absolute Gasteiger partial charge is 0.180 e. The van der Waals surface area contributed by atoms with Gasteiger partial charge < -0.3 is 14.8 Å². The van der Waals surface area contributed by atoms with E-state index in [1.807, 2.05) is 23.7 Å². The van der Waals surface area contributed by atoms with Crippen LogP contribution >= 0.6 is 15.9 Å². The van der Waals surface area contributed by atoms with E-state index >= 15 is 0 Å². The Morgan fingerprint density at radius 1 is 1.59 bits per heavy atom. The van der Waals surface area contributed by atoms with Gasteiger partial charge in [-0.25, -0.2) is 9.97 Å². The molecular formula is C11H15BrN4O. The lowest BCUT2D eigenvalue weighted by Gasteiger charge is -2.22. The highest BCUT2D eigenvalue weighted by molar-refractivity contribution is 9.10. The Morgan fingerprint density at radius 3 is 3.06 bits per heavy atom. The summed E-state index contributed by atoms with van der Waals surface area (Å²) < 4.78 is 2.60. The molecule has 0 saturated heterocycles. The van der Waals surface area contributed by atoms with E-state index in [9.17, 15) is 5.11 Å². The Hall–Kier alpha value is -1.14. The second-order valence-corrected chi connectivity index (χ2v) is 5.09. The van der Waals surface area contributed by atoms with Gasteiger partial charge in [-0.05, 0) is 29.3 Å². The van der Waals surface area contributed by atoms with E-state index in [0.29, 0.717) is 18.8 Å². The van der Waals surface area contributed by atoms with Crippen molar-refractivity contribution in [2.24, 2.45) is 0 Å². The lowest BCUT2D eigenvalue weighted by molar-refractivity contribution is 0.0697. The SMILES string of the molecule is CCC(C)(O)CNc1nc(Br)cn2ccnc12. The summed E-state index contributed by atoms with van der Waals surface area (Å²) in [6.45, 7) is 4.18. The summed E-state index contributed by atoms with van der Waals surface area (Å²) in [7, 11) is 0. The van der Waals surface area contributed by atoms with Gasteiger partial charge in [-0.15, -0.1) is 0 Å². The molecule has 1 unspecified atom stereocenters. The largest absolute Gasteiger partial charge is 0.388 e. The number of rotatable bonds is 4. The first-order chi connectivity index (χ1) is 8.02. The number of halogens is 1. The molecule has 1 atom stereocenters. The van der Waals surface area contributed by atoms with Gasteiger partial charge in [0.25, 0.3) is 0 Å². The Labute approximate surface area is 108 Å². The van der Waals surface area contributed by atoms with Gasteiger partial charge in [-0.3, -0.25) is 0 Å². The number of hydrogen-bond donors (Lipinski definition) is 2. The average Bonchev–Trinajstić information content (AvgIpc) is 2.73. The minimum Gasteiger partial charge on any atom is -0.388 e. The van der Waals surface area contributed by atoms with Crippen LogP contribution in [0.2, 0.25) is 0 Å². The topological polar surface area (TPSA) is 62.5 Å². The molecule has 0 aliphatic heterocycles. The molecule has 5 nitrogen and oxygen atoms in total. The summed E-state index contributed by atoms with van der Waals surface area (Å²) in [5.74, 6) is 0.665. The number of nitrogens with zero attached hydrogens (tertiary/aromatic N) is 3. The van der Waals surface area contributed by atoms with E-state index in [1.54, 1.807) is 13.1 Å². The Morgan fingerprint density at radius 2 is 2.35 bits per heavy atom. The fourth-order valence-electron chi connectivity index (χ4n) is 1.42. The Bertz CT molecular complexity index is 523. The number of hydrogen-bond acceptors (Lipinski definition) is 4.